The summed E-state index contributed by atoms with van der Waals surface area (Å²) in [5.41, 5.74) is 3.80. The number of aryl methyl sites for hydroxylation is 1. The first-order valence-electron chi connectivity index (χ1n) is 9.64. The molecule has 4 rings (SSSR count). The summed E-state index contributed by atoms with van der Waals surface area (Å²) in [6.07, 6.45) is 1.52. The van der Waals surface area contributed by atoms with Gasteiger partial charge in [0.15, 0.2) is 5.82 Å². The lowest BCUT2D eigenvalue weighted by atomic mass is 10.1. The second-order valence-corrected chi connectivity index (χ2v) is 7.67. The number of para-hydroxylation sites is 2. The fraction of sp³-hybridized carbons (Fsp3) is 0.227. The second kappa shape index (κ2) is 7.91. The van der Waals surface area contributed by atoms with Crippen molar-refractivity contribution in [3.05, 3.63) is 59.3 Å². The Bertz CT molecular complexity index is 1230. The minimum Gasteiger partial charge on any atom is -0.386 e. The van der Waals surface area contributed by atoms with Gasteiger partial charge in [0.05, 0.1) is 33.8 Å². The van der Waals surface area contributed by atoms with Crippen molar-refractivity contribution in [1.29, 1.82) is 0 Å². The highest BCUT2D eigenvalue weighted by atomic mass is 35.5. The molecule has 6 nitrogen and oxygen atoms in total. The van der Waals surface area contributed by atoms with Gasteiger partial charge in [-0.25, -0.2) is 19.3 Å². The maximum absolute atomic E-state index is 14.9. The summed E-state index contributed by atoms with van der Waals surface area (Å²) in [6.45, 7) is 5.95. The molecule has 0 aliphatic heterocycles. The van der Waals surface area contributed by atoms with E-state index in [1.54, 1.807) is 0 Å². The number of hydrogen-bond donors (Lipinski definition) is 2. The van der Waals surface area contributed by atoms with Crippen molar-refractivity contribution in [3.8, 4) is 11.3 Å². The third-order valence-electron chi connectivity index (χ3n) is 4.90. The molecule has 2 heterocycles. The van der Waals surface area contributed by atoms with E-state index in [2.05, 4.69) is 25.6 Å². The molecule has 0 saturated heterocycles. The van der Waals surface area contributed by atoms with Gasteiger partial charge in [-0.2, -0.15) is 0 Å². The van der Waals surface area contributed by atoms with Crippen LogP contribution in [0.5, 0.6) is 0 Å². The lowest BCUT2D eigenvalue weighted by Gasteiger charge is -2.13. The number of hydrogen-bond acceptors (Lipinski definition) is 5. The monoisotopic (exact) mass is 424 g/mol. The van der Waals surface area contributed by atoms with Gasteiger partial charge in [0.2, 0.25) is 5.95 Å². The molecule has 4 aromatic rings. The van der Waals surface area contributed by atoms with E-state index >= 15 is 0 Å². The average molecular weight is 425 g/mol. The van der Waals surface area contributed by atoms with Crippen LogP contribution in [0.2, 0.25) is 5.02 Å². The van der Waals surface area contributed by atoms with Crippen LogP contribution in [0.3, 0.4) is 0 Å². The van der Waals surface area contributed by atoms with E-state index in [4.69, 9.17) is 11.6 Å². The standard InChI is InChI=1S/C22H22ClFN6/c1-12(2)30-13(3)27-21-16(24)9-14(10-19(21)30)20-15(23)11-26-22(29-20)28-18-8-6-5-7-17(18)25-4/h5-12,25H,1-4H3,(H,26,28,29). The van der Waals surface area contributed by atoms with Crippen LogP contribution in [0.15, 0.2) is 42.6 Å². The van der Waals surface area contributed by atoms with E-state index in [1.807, 2.05) is 62.7 Å². The quantitative estimate of drug-likeness (QED) is 0.413. The Kier molecular flexibility index (Phi) is 5.30. The Morgan fingerprint density at radius 1 is 1.10 bits per heavy atom. The van der Waals surface area contributed by atoms with Crippen LogP contribution in [-0.2, 0) is 0 Å². The van der Waals surface area contributed by atoms with Crippen LogP contribution < -0.4 is 10.6 Å². The Balaban J connectivity index is 1.82. The molecule has 0 radical (unpaired) electrons. The molecule has 30 heavy (non-hydrogen) atoms. The highest BCUT2D eigenvalue weighted by Crippen LogP contribution is 2.33. The van der Waals surface area contributed by atoms with Crippen molar-refractivity contribution in [2.75, 3.05) is 17.7 Å². The van der Waals surface area contributed by atoms with E-state index in [9.17, 15) is 4.39 Å². The van der Waals surface area contributed by atoms with E-state index in [1.165, 1.54) is 12.3 Å². The predicted molar refractivity (Wildman–Crippen MR) is 120 cm³/mol. The van der Waals surface area contributed by atoms with Gasteiger partial charge in [-0.05, 0) is 45.0 Å². The molecule has 0 saturated carbocycles. The highest BCUT2D eigenvalue weighted by molar-refractivity contribution is 6.33. The molecule has 0 unspecified atom stereocenters. The number of nitrogens with zero attached hydrogens (tertiary/aromatic N) is 4. The first-order valence-corrected chi connectivity index (χ1v) is 10.0. The normalized spacial score (nSPS) is 11.3. The molecule has 0 spiro atoms. The van der Waals surface area contributed by atoms with Crippen LogP contribution in [0.1, 0.15) is 25.7 Å². The summed E-state index contributed by atoms with van der Waals surface area (Å²) in [5, 5.41) is 6.65. The molecule has 2 aromatic carbocycles. The molecule has 154 valence electrons. The van der Waals surface area contributed by atoms with Crippen molar-refractivity contribution in [3.63, 3.8) is 0 Å². The first-order chi connectivity index (χ1) is 14.4. The van der Waals surface area contributed by atoms with Crippen LogP contribution in [-0.4, -0.2) is 26.6 Å². The Morgan fingerprint density at radius 2 is 1.83 bits per heavy atom. The molecule has 0 aliphatic carbocycles. The summed E-state index contributed by atoms with van der Waals surface area (Å²) < 4.78 is 16.9. The summed E-state index contributed by atoms with van der Waals surface area (Å²) in [4.78, 5) is 13.2. The van der Waals surface area contributed by atoms with Gasteiger partial charge in [-0.15, -0.1) is 0 Å². The number of nitrogens with one attached hydrogen (secondary N) is 2. The molecular formula is C22H22ClFN6. The lowest BCUT2D eigenvalue weighted by Crippen LogP contribution is -2.03. The Labute approximate surface area is 179 Å². The van der Waals surface area contributed by atoms with E-state index in [-0.39, 0.29) is 6.04 Å². The maximum Gasteiger partial charge on any atom is 0.227 e. The summed E-state index contributed by atoms with van der Waals surface area (Å²) in [6, 6.07) is 11.1. The third kappa shape index (κ3) is 3.57. The van der Waals surface area contributed by atoms with Gasteiger partial charge in [0.1, 0.15) is 11.3 Å². The molecular weight excluding hydrogens is 403 g/mol. The Morgan fingerprint density at radius 3 is 2.53 bits per heavy atom. The zero-order chi connectivity index (χ0) is 21.4. The number of rotatable bonds is 5. The van der Waals surface area contributed by atoms with Crippen molar-refractivity contribution >= 4 is 40.0 Å². The molecule has 0 amide bonds. The number of anilines is 3. The number of fused-ring (bicyclic) bond motifs is 1. The number of imidazole rings is 1. The van der Waals surface area contributed by atoms with Crippen molar-refractivity contribution in [1.82, 2.24) is 19.5 Å². The smallest absolute Gasteiger partial charge is 0.227 e. The number of aromatic nitrogens is 4. The maximum atomic E-state index is 14.9. The molecule has 0 aliphatic rings. The highest BCUT2D eigenvalue weighted by Gasteiger charge is 2.18. The zero-order valence-corrected chi connectivity index (χ0v) is 17.9. The van der Waals surface area contributed by atoms with E-state index in [0.717, 1.165) is 17.2 Å². The van der Waals surface area contributed by atoms with Gasteiger partial charge < -0.3 is 15.2 Å². The molecule has 0 atom stereocenters. The minimum absolute atomic E-state index is 0.140. The molecule has 2 N–H and O–H groups in total. The number of halogens is 2. The van der Waals surface area contributed by atoms with Gasteiger partial charge >= 0.3 is 0 Å². The topological polar surface area (TPSA) is 67.7 Å². The van der Waals surface area contributed by atoms with Crippen molar-refractivity contribution < 1.29 is 4.39 Å². The van der Waals surface area contributed by atoms with E-state index in [0.29, 0.717) is 33.3 Å². The van der Waals surface area contributed by atoms with E-state index < -0.39 is 5.82 Å². The van der Waals surface area contributed by atoms with Gasteiger partial charge in [0.25, 0.3) is 0 Å². The molecule has 0 fully saturated rings. The molecule has 8 heteroatoms. The average Bonchev–Trinajstić information content (AvgIpc) is 3.06. The molecule has 0 bridgehead atoms. The van der Waals surface area contributed by atoms with Crippen LogP contribution in [0.4, 0.5) is 21.7 Å². The lowest BCUT2D eigenvalue weighted by molar-refractivity contribution is 0.600. The first kappa shape index (κ1) is 20.1. The van der Waals surface area contributed by atoms with Crippen molar-refractivity contribution in [2.24, 2.45) is 0 Å². The SMILES string of the molecule is CNc1ccccc1Nc1ncc(Cl)c(-c2cc(F)c3nc(C)n(C(C)C)c3c2)n1. The summed E-state index contributed by atoms with van der Waals surface area (Å²) in [5.74, 6) is 0.719. The zero-order valence-electron chi connectivity index (χ0n) is 17.2. The third-order valence-corrected chi connectivity index (χ3v) is 5.18. The fourth-order valence-corrected chi connectivity index (χ4v) is 3.82. The largest absolute Gasteiger partial charge is 0.386 e. The van der Waals surface area contributed by atoms with Crippen LogP contribution in [0, 0.1) is 12.7 Å². The van der Waals surface area contributed by atoms with Crippen LogP contribution in [0.25, 0.3) is 22.3 Å². The van der Waals surface area contributed by atoms with Crippen molar-refractivity contribution in [2.45, 2.75) is 26.8 Å². The van der Waals surface area contributed by atoms with Gasteiger partial charge in [-0.3, -0.25) is 0 Å². The van der Waals surface area contributed by atoms with Gasteiger partial charge in [-0.1, -0.05) is 23.7 Å². The predicted octanol–water partition coefficient (Wildman–Crippen LogP) is 5.96. The summed E-state index contributed by atoms with van der Waals surface area (Å²) in [7, 11) is 1.84. The van der Waals surface area contributed by atoms with Gasteiger partial charge in [0, 0.05) is 18.7 Å². The fourth-order valence-electron chi connectivity index (χ4n) is 3.62. The van der Waals surface area contributed by atoms with Crippen LogP contribution >= 0.6 is 11.6 Å². The Hall–Kier alpha value is -3.19. The second-order valence-electron chi connectivity index (χ2n) is 7.26. The summed E-state index contributed by atoms with van der Waals surface area (Å²) >= 11 is 6.39. The number of benzene rings is 2. The molecule has 2 aromatic heterocycles. The minimum atomic E-state index is -0.408.